The third-order valence-corrected chi connectivity index (χ3v) is 1.95. The Morgan fingerprint density at radius 3 is 1.76 bits per heavy atom. The molecule has 0 aromatic heterocycles. The molecule has 0 aliphatic heterocycles. The van der Waals surface area contributed by atoms with Crippen molar-refractivity contribution in [2.45, 2.75) is 0 Å². The molecule has 0 aliphatic rings. The largest absolute Gasteiger partial charge is 0.399 e. The van der Waals surface area contributed by atoms with Crippen LogP contribution in [0.2, 0.25) is 0 Å². The van der Waals surface area contributed by atoms with Gasteiger partial charge in [0.1, 0.15) is 0 Å². The molecule has 0 unspecified atom stereocenters. The SMILES string of the molecule is C=CNC(=O)c1cc(N)cc(C(=O)NC=C)c1. The topological polar surface area (TPSA) is 84.2 Å². The molecular formula is C12H13N3O2. The van der Waals surface area contributed by atoms with E-state index in [0.717, 1.165) is 0 Å². The Labute approximate surface area is 99.0 Å². The van der Waals surface area contributed by atoms with Crippen LogP contribution in [-0.4, -0.2) is 11.8 Å². The summed E-state index contributed by atoms with van der Waals surface area (Å²) in [5, 5.41) is 4.81. The van der Waals surface area contributed by atoms with Crippen LogP contribution in [0, 0.1) is 0 Å². The molecule has 17 heavy (non-hydrogen) atoms. The van der Waals surface area contributed by atoms with E-state index >= 15 is 0 Å². The van der Waals surface area contributed by atoms with Crippen molar-refractivity contribution in [3.63, 3.8) is 0 Å². The lowest BCUT2D eigenvalue weighted by atomic mass is 10.1. The number of hydrogen-bond acceptors (Lipinski definition) is 3. The lowest BCUT2D eigenvalue weighted by molar-refractivity contribution is 0.0969. The number of amides is 2. The number of nitrogens with two attached hydrogens (primary N) is 1. The summed E-state index contributed by atoms with van der Waals surface area (Å²) in [6, 6.07) is 4.39. The number of carbonyl (C=O) groups is 2. The van der Waals surface area contributed by atoms with Crippen molar-refractivity contribution in [3.8, 4) is 0 Å². The number of nitrogens with one attached hydrogen (secondary N) is 2. The van der Waals surface area contributed by atoms with E-state index in [2.05, 4.69) is 23.8 Å². The average Bonchev–Trinajstić information content (AvgIpc) is 2.29. The van der Waals surface area contributed by atoms with Crippen molar-refractivity contribution in [3.05, 3.63) is 54.9 Å². The van der Waals surface area contributed by atoms with Gasteiger partial charge in [-0.2, -0.15) is 0 Å². The summed E-state index contributed by atoms with van der Waals surface area (Å²) in [6.07, 6.45) is 2.52. The quantitative estimate of drug-likeness (QED) is 0.676. The Hall–Kier alpha value is -2.56. The van der Waals surface area contributed by atoms with Gasteiger partial charge in [0.2, 0.25) is 0 Å². The predicted molar refractivity (Wildman–Crippen MR) is 66.2 cm³/mol. The second-order valence-electron chi connectivity index (χ2n) is 3.20. The zero-order valence-corrected chi connectivity index (χ0v) is 9.19. The van der Waals surface area contributed by atoms with E-state index < -0.39 is 0 Å². The van der Waals surface area contributed by atoms with Crippen molar-refractivity contribution < 1.29 is 9.59 Å². The molecule has 0 fully saturated rings. The maximum Gasteiger partial charge on any atom is 0.255 e. The first kappa shape index (κ1) is 12.5. The molecule has 1 rings (SSSR count). The van der Waals surface area contributed by atoms with Crippen LogP contribution in [0.25, 0.3) is 0 Å². The van der Waals surface area contributed by atoms with Crippen molar-refractivity contribution >= 4 is 17.5 Å². The van der Waals surface area contributed by atoms with Crippen LogP contribution >= 0.6 is 0 Å². The summed E-state index contributed by atoms with van der Waals surface area (Å²) in [5.41, 5.74) is 6.53. The number of benzene rings is 1. The van der Waals surface area contributed by atoms with Crippen LogP contribution in [0.3, 0.4) is 0 Å². The highest BCUT2D eigenvalue weighted by molar-refractivity contribution is 6.01. The highest BCUT2D eigenvalue weighted by Crippen LogP contribution is 2.12. The standard InChI is InChI=1S/C12H13N3O2/c1-3-14-11(16)8-5-9(7-10(13)6-8)12(17)15-4-2/h3-7H,1-2,13H2,(H,14,16)(H,15,17). The number of carbonyl (C=O) groups excluding carboxylic acids is 2. The number of anilines is 1. The molecule has 0 spiro atoms. The molecule has 0 radical (unpaired) electrons. The minimum Gasteiger partial charge on any atom is -0.399 e. The Bertz CT molecular complexity index is 440. The van der Waals surface area contributed by atoms with Gasteiger partial charge < -0.3 is 16.4 Å². The van der Waals surface area contributed by atoms with E-state index in [9.17, 15) is 9.59 Å². The molecule has 0 bridgehead atoms. The van der Waals surface area contributed by atoms with E-state index in [4.69, 9.17) is 5.73 Å². The fourth-order valence-corrected chi connectivity index (χ4v) is 1.27. The number of rotatable bonds is 4. The summed E-state index contributed by atoms with van der Waals surface area (Å²) in [5.74, 6) is -0.750. The minimum atomic E-state index is -0.375. The molecule has 88 valence electrons. The first-order valence-electron chi connectivity index (χ1n) is 4.82. The Morgan fingerprint density at radius 2 is 1.41 bits per heavy atom. The molecule has 0 saturated carbocycles. The van der Waals surface area contributed by atoms with Crippen LogP contribution in [0.1, 0.15) is 20.7 Å². The van der Waals surface area contributed by atoms with Crippen LogP contribution in [0.5, 0.6) is 0 Å². The van der Waals surface area contributed by atoms with Gasteiger partial charge in [0.05, 0.1) is 0 Å². The molecular weight excluding hydrogens is 218 g/mol. The van der Waals surface area contributed by atoms with Crippen LogP contribution in [0.4, 0.5) is 5.69 Å². The number of nitrogen functional groups attached to an aromatic ring is 1. The molecule has 1 aromatic rings. The summed E-state index contributed by atoms with van der Waals surface area (Å²) in [6.45, 7) is 6.76. The van der Waals surface area contributed by atoms with Gasteiger partial charge in [0.15, 0.2) is 0 Å². The maximum atomic E-state index is 11.5. The molecule has 4 N–H and O–H groups in total. The lowest BCUT2D eigenvalue weighted by Crippen LogP contribution is -2.20. The molecule has 1 aromatic carbocycles. The van der Waals surface area contributed by atoms with Gasteiger partial charge in [-0.3, -0.25) is 9.59 Å². The Morgan fingerprint density at radius 1 is 1.00 bits per heavy atom. The fourth-order valence-electron chi connectivity index (χ4n) is 1.27. The van der Waals surface area contributed by atoms with Gasteiger partial charge >= 0.3 is 0 Å². The van der Waals surface area contributed by atoms with Crippen molar-refractivity contribution in [2.75, 3.05) is 5.73 Å². The fraction of sp³-hybridized carbons (Fsp3) is 0. The van der Waals surface area contributed by atoms with Gasteiger partial charge in [-0.25, -0.2) is 0 Å². The third-order valence-electron chi connectivity index (χ3n) is 1.95. The lowest BCUT2D eigenvalue weighted by Gasteiger charge is -2.05. The van der Waals surface area contributed by atoms with Crippen LogP contribution in [-0.2, 0) is 0 Å². The molecule has 5 heteroatoms. The first-order chi connectivity index (χ1) is 8.08. The van der Waals surface area contributed by atoms with E-state index in [1.807, 2.05) is 0 Å². The zero-order chi connectivity index (χ0) is 12.8. The second-order valence-corrected chi connectivity index (χ2v) is 3.20. The molecule has 0 atom stereocenters. The number of hydrogen-bond donors (Lipinski definition) is 3. The average molecular weight is 231 g/mol. The summed E-state index contributed by atoms with van der Waals surface area (Å²) < 4.78 is 0. The summed E-state index contributed by atoms with van der Waals surface area (Å²) in [7, 11) is 0. The zero-order valence-electron chi connectivity index (χ0n) is 9.19. The van der Waals surface area contributed by atoms with Crippen molar-refractivity contribution in [2.24, 2.45) is 0 Å². The predicted octanol–water partition coefficient (Wildman–Crippen LogP) is 1.02. The highest BCUT2D eigenvalue weighted by Gasteiger charge is 2.10. The second kappa shape index (κ2) is 5.50. The van der Waals surface area contributed by atoms with Gasteiger partial charge in [-0.1, -0.05) is 13.2 Å². The van der Waals surface area contributed by atoms with E-state index in [-0.39, 0.29) is 11.8 Å². The molecule has 2 amide bonds. The van der Waals surface area contributed by atoms with E-state index in [0.29, 0.717) is 16.8 Å². The molecule has 0 heterocycles. The maximum absolute atomic E-state index is 11.5. The minimum absolute atomic E-state index is 0.291. The monoisotopic (exact) mass is 231 g/mol. The molecule has 0 aliphatic carbocycles. The Kier molecular flexibility index (Phi) is 4.05. The van der Waals surface area contributed by atoms with Gasteiger partial charge in [0, 0.05) is 16.8 Å². The third kappa shape index (κ3) is 3.20. The smallest absolute Gasteiger partial charge is 0.255 e. The summed E-state index contributed by atoms with van der Waals surface area (Å²) >= 11 is 0. The van der Waals surface area contributed by atoms with Crippen molar-refractivity contribution in [1.29, 1.82) is 0 Å². The van der Waals surface area contributed by atoms with Crippen LogP contribution in [0.15, 0.2) is 43.8 Å². The first-order valence-corrected chi connectivity index (χ1v) is 4.82. The van der Waals surface area contributed by atoms with Crippen molar-refractivity contribution in [1.82, 2.24) is 10.6 Å². The molecule has 0 saturated heterocycles. The van der Waals surface area contributed by atoms with Crippen LogP contribution < -0.4 is 16.4 Å². The van der Waals surface area contributed by atoms with Gasteiger partial charge in [0.25, 0.3) is 11.8 Å². The van der Waals surface area contributed by atoms with Gasteiger partial charge in [-0.15, -0.1) is 0 Å². The van der Waals surface area contributed by atoms with E-state index in [1.54, 1.807) is 0 Å². The highest BCUT2D eigenvalue weighted by atomic mass is 16.2. The molecule has 5 nitrogen and oxygen atoms in total. The summed E-state index contributed by atoms with van der Waals surface area (Å²) in [4.78, 5) is 23.1. The van der Waals surface area contributed by atoms with E-state index in [1.165, 1.54) is 30.6 Å². The Balaban J connectivity index is 3.09. The normalized spacial score (nSPS) is 9.18. The van der Waals surface area contributed by atoms with Gasteiger partial charge in [-0.05, 0) is 30.6 Å².